The van der Waals surface area contributed by atoms with Crippen LogP contribution in [0.3, 0.4) is 0 Å². The zero-order chi connectivity index (χ0) is 22.2. The van der Waals surface area contributed by atoms with Crippen molar-refractivity contribution < 1.29 is 21.6 Å². The number of aromatic nitrogens is 2. The maximum atomic E-state index is 14.7. The first-order valence-electron chi connectivity index (χ1n) is 9.29. The minimum atomic E-state index is -3.44. The fraction of sp³-hybridized carbons (Fsp3) is 0.0870. The van der Waals surface area contributed by atoms with E-state index in [9.17, 15) is 21.6 Å². The van der Waals surface area contributed by atoms with Crippen LogP contribution < -0.4 is 0 Å². The van der Waals surface area contributed by atoms with E-state index in [1.54, 1.807) is 36.4 Å². The Balaban J connectivity index is 2.07. The summed E-state index contributed by atoms with van der Waals surface area (Å²) in [4.78, 5) is 0.0866. The highest BCUT2D eigenvalue weighted by Crippen LogP contribution is 2.41. The number of hydrogen-bond donors (Lipinski definition) is 0. The van der Waals surface area contributed by atoms with Gasteiger partial charge in [-0.25, -0.2) is 26.3 Å². The van der Waals surface area contributed by atoms with Crippen LogP contribution >= 0.6 is 0 Å². The van der Waals surface area contributed by atoms with Crippen LogP contribution in [0.4, 0.5) is 13.2 Å². The number of benzene rings is 3. The van der Waals surface area contributed by atoms with Crippen LogP contribution in [-0.4, -0.2) is 24.5 Å². The third-order valence-electron chi connectivity index (χ3n) is 4.82. The van der Waals surface area contributed by atoms with E-state index in [-0.39, 0.29) is 21.7 Å². The monoisotopic (exact) mass is 442 g/mol. The molecule has 0 aliphatic heterocycles. The fourth-order valence-corrected chi connectivity index (χ4v) is 4.03. The molecule has 0 amide bonds. The minimum absolute atomic E-state index is 0.0119. The number of nitrogens with zero attached hydrogens (tertiary/aromatic N) is 2. The van der Waals surface area contributed by atoms with E-state index < -0.39 is 27.8 Å². The first kappa shape index (κ1) is 20.9. The van der Waals surface area contributed by atoms with Crippen molar-refractivity contribution in [2.45, 2.75) is 11.3 Å². The second-order valence-corrected chi connectivity index (χ2v) is 8.95. The van der Waals surface area contributed by atoms with E-state index in [2.05, 4.69) is 5.10 Å². The first-order valence-corrected chi connectivity index (χ1v) is 11.2. The molecule has 4 nitrogen and oxygen atoms in total. The molecule has 0 atom stereocenters. The minimum Gasteiger partial charge on any atom is -0.232 e. The number of halogens is 3. The molecule has 0 spiro atoms. The highest BCUT2D eigenvalue weighted by atomic mass is 32.2. The van der Waals surface area contributed by atoms with Gasteiger partial charge in [0, 0.05) is 22.9 Å². The van der Waals surface area contributed by atoms with Crippen molar-refractivity contribution in [3.8, 4) is 28.1 Å². The van der Waals surface area contributed by atoms with Crippen molar-refractivity contribution >= 4 is 9.84 Å². The van der Waals surface area contributed by atoms with E-state index in [4.69, 9.17) is 0 Å². The molecule has 0 aliphatic rings. The van der Waals surface area contributed by atoms with Crippen LogP contribution in [0.2, 0.25) is 0 Å². The summed E-state index contributed by atoms with van der Waals surface area (Å²) >= 11 is 0. The van der Waals surface area contributed by atoms with Crippen LogP contribution in [0.5, 0.6) is 0 Å². The normalized spacial score (nSPS) is 11.8. The van der Waals surface area contributed by atoms with Gasteiger partial charge in [0.05, 0.1) is 16.3 Å². The van der Waals surface area contributed by atoms with Crippen molar-refractivity contribution in [2.24, 2.45) is 0 Å². The van der Waals surface area contributed by atoms with Crippen LogP contribution in [0.25, 0.3) is 28.1 Å². The Morgan fingerprint density at radius 1 is 0.871 bits per heavy atom. The lowest BCUT2D eigenvalue weighted by Gasteiger charge is -2.12. The molecule has 3 aromatic carbocycles. The van der Waals surface area contributed by atoms with Crippen LogP contribution in [0.15, 0.2) is 83.8 Å². The molecule has 0 unspecified atom stereocenters. The lowest BCUT2D eigenvalue weighted by atomic mass is 9.98. The van der Waals surface area contributed by atoms with Gasteiger partial charge in [-0.15, -0.1) is 0 Å². The average molecular weight is 442 g/mol. The summed E-state index contributed by atoms with van der Waals surface area (Å²) in [7, 11) is -3.44. The zero-order valence-corrected chi connectivity index (χ0v) is 17.2. The van der Waals surface area contributed by atoms with Gasteiger partial charge in [-0.3, -0.25) is 0 Å². The summed E-state index contributed by atoms with van der Waals surface area (Å²) in [5, 5.41) is 4.13. The standard InChI is InChI=1S/C23H17F3N2O2S/c1-31(29,30)17-13-11-15(12-14-17)22-20(18-9-5-6-10-19(18)24)21(23(25)26)27-28(22)16-7-3-2-4-8-16/h2-14,23H,1H3. The Hall–Kier alpha value is -3.39. The molecular weight excluding hydrogens is 425 g/mol. The Morgan fingerprint density at radius 3 is 2.06 bits per heavy atom. The highest BCUT2D eigenvalue weighted by molar-refractivity contribution is 7.90. The number of alkyl halides is 2. The van der Waals surface area contributed by atoms with E-state index in [0.717, 1.165) is 6.26 Å². The van der Waals surface area contributed by atoms with Gasteiger partial charge in [0.1, 0.15) is 11.5 Å². The van der Waals surface area contributed by atoms with Gasteiger partial charge >= 0.3 is 0 Å². The second kappa shape index (κ2) is 8.03. The largest absolute Gasteiger partial charge is 0.282 e. The van der Waals surface area contributed by atoms with Gasteiger partial charge in [-0.2, -0.15) is 5.10 Å². The van der Waals surface area contributed by atoms with Gasteiger partial charge in [0.15, 0.2) is 9.84 Å². The maximum absolute atomic E-state index is 14.7. The van der Waals surface area contributed by atoms with E-state index in [1.165, 1.54) is 47.1 Å². The molecule has 4 rings (SSSR count). The molecule has 158 valence electrons. The molecule has 1 aromatic heterocycles. The molecule has 0 radical (unpaired) electrons. The van der Waals surface area contributed by atoms with E-state index in [1.807, 2.05) is 0 Å². The molecular formula is C23H17F3N2O2S. The lowest BCUT2D eigenvalue weighted by molar-refractivity contribution is 0.146. The highest BCUT2D eigenvalue weighted by Gasteiger charge is 2.28. The average Bonchev–Trinajstić information content (AvgIpc) is 3.15. The Kier molecular flexibility index (Phi) is 5.41. The predicted molar refractivity (Wildman–Crippen MR) is 112 cm³/mol. The number of sulfone groups is 1. The van der Waals surface area contributed by atoms with Crippen LogP contribution in [0.1, 0.15) is 12.1 Å². The summed E-state index contributed by atoms with van der Waals surface area (Å²) in [5.41, 5.74) is 0.567. The van der Waals surface area contributed by atoms with Gasteiger partial charge in [0.2, 0.25) is 0 Å². The van der Waals surface area contributed by atoms with Gasteiger partial charge in [-0.05, 0) is 30.3 Å². The molecule has 0 aliphatic carbocycles. The van der Waals surface area contributed by atoms with Gasteiger partial charge < -0.3 is 0 Å². The molecule has 8 heteroatoms. The van der Waals surface area contributed by atoms with Crippen molar-refractivity contribution in [3.63, 3.8) is 0 Å². The molecule has 0 saturated heterocycles. The molecule has 0 saturated carbocycles. The molecule has 0 bridgehead atoms. The molecule has 31 heavy (non-hydrogen) atoms. The molecule has 1 heterocycles. The quantitative estimate of drug-likeness (QED) is 0.399. The second-order valence-electron chi connectivity index (χ2n) is 6.93. The van der Waals surface area contributed by atoms with Gasteiger partial charge in [0.25, 0.3) is 6.43 Å². The summed E-state index contributed by atoms with van der Waals surface area (Å²) < 4.78 is 67.7. The van der Waals surface area contributed by atoms with Crippen molar-refractivity contribution in [1.82, 2.24) is 9.78 Å². The van der Waals surface area contributed by atoms with Crippen molar-refractivity contribution in [1.29, 1.82) is 0 Å². The van der Waals surface area contributed by atoms with E-state index >= 15 is 0 Å². The summed E-state index contributed by atoms with van der Waals surface area (Å²) in [5.74, 6) is -0.661. The third-order valence-corrected chi connectivity index (χ3v) is 5.95. The number of hydrogen-bond acceptors (Lipinski definition) is 3. The van der Waals surface area contributed by atoms with Crippen LogP contribution in [-0.2, 0) is 9.84 Å². The predicted octanol–water partition coefficient (Wildman–Crippen LogP) is 5.69. The summed E-state index contributed by atoms with van der Waals surface area (Å²) in [6, 6.07) is 20.1. The Bertz CT molecular complexity index is 1330. The first-order chi connectivity index (χ1) is 14.8. The Morgan fingerprint density at radius 2 is 1.48 bits per heavy atom. The SMILES string of the molecule is CS(=O)(=O)c1ccc(-c2c(-c3ccccc3F)c(C(F)F)nn2-c2ccccc2)cc1. The Labute approximate surface area is 177 Å². The van der Waals surface area contributed by atoms with E-state index in [0.29, 0.717) is 11.3 Å². The topological polar surface area (TPSA) is 52.0 Å². The summed E-state index contributed by atoms with van der Waals surface area (Å²) in [6.45, 7) is 0. The smallest absolute Gasteiger partial charge is 0.232 e. The van der Waals surface area contributed by atoms with Crippen molar-refractivity contribution in [3.05, 3.63) is 90.4 Å². The summed E-state index contributed by atoms with van der Waals surface area (Å²) in [6.07, 6.45) is -1.87. The third kappa shape index (κ3) is 3.98. The fourth-order valence-electron chi connectivity index (χ4n) is 3.40. The lowest BCUT2D eigenvalue weighted by Crippen LogP contribution is -2.01. The molecule has 0 N–H and O–H groups in total. The maximum Gasteiger partial charge on any atom is 0.282 e. The van der Waals surface area contributed by atoms with Crippen molar-refractivity contribution in [2.75, 3.05) is 6.26 Å². The van der Waals surface area contributed by atoms with Gasteiger partial charge in [-0.1, -0.05) is 48.5 Å². The number of para-hydroxylation sites is 1. The van der Waals surface area contributed by atoms with Crippen LogP contribution in [0, 0.1) is 5.82 Å². The molecule has 0 fully saturated rings. The number of rotatable bonds is 5. The molecule has 4 aromatic rings. The zero-order valence-electron chi connectivity index (χ0n) is 16.3.